The molecule has 2 amide bonds. The highest BCUT2D eigenvalue weighted by Crippen LogP contribution is 2.31. The van der Waals surface area contributed by atoms with E-state index in [2.05, 4.69) is 51.5 Å². The normalized spacial score (nSPS) is 15.8. The van der Waals surface area contributed by atoms with E-state index in [-0.39, 0.29) is 30.7 Å². The third-order valence-corrected chi connectivity index (χ3v) is 8.31. The Morgan fingerprint density at radius 3 is 2.45 bits per heavy atom. The van der Waals surface area contributed by atoms with Crippen LogP contribution in [-0.2, 0) is 29.1 Å². The van der Waals surface area contributed by atoms with E-state index in [0.717, 1.165) is 13.4 Å². The molecule has 0 aliphatic carbocycles. The van der Waals surface area contributed by atoms with Gasteiger partial charge < -0.3 is 15.4 Å². The summed E-state index contributed by atoms with van der Waals surface area (Å²) in [6.45, 7) is 2.62. The van der Waals surface area contributed by atoms with Crippen molar-refractivity contribution in [2.24, 2.45) is 0 Å². The zero-order valence-electron chi connectivity index (χ0n) is 22.9. The van der Waals surface area contributed by atoms with Crippen LogP contribution in [0.3, 0.4) is 0 Å². The minimum atomic E-state index is -3.68. The van der Waals surface area contributed by atoms with E-state index < -0.39 is 34.4 Å². The molecule has 1 unspecified atom stereocenters. The van der Waals surface area contributed by atoms with Crippen molar-refractivity contribution in [3.05, 3.63) is 59.7 Å². The number of amides is 2. The second kappa shape index (κ2) is 14.0. The Morgan fingerprint density at radius 1 is 1.12 bits per heavy atom. The largest absolute Gasteiger partial charge is 0.465 e. The first kappa shape index (κ1) is 30.7. The van der Waals surface area contributed by atoms with Crippen molar-refractivity contribution in [3.63, 3.8) is 0 Å². The molecule has 11 nitrogen and oxygen atoms in total. The fourth-order valence-corrected chi connectivity index (χ4v) is 5.98. The number of nitrogens with one attached hydrogen (secondary N) is 2. The topological polar surface area (TPSA) is 149 Å². The highest BCUT2D eigenvalue weighted by molar-refractivity contribution is 7.88. The van der Waals surface area contributed by atoms with E-state index in [1.807, 2.05) is 18.2 Å². The SMILES string of the molecule is COC(=O)/C(C#N)=C/CNC(=O)CNC(=O)CN(C1CCN(C(C)c2cccc3ccccc23)CC1)S(C)(=O)=O. The lowest BCUT2D eigenvalue weighted by molar-refractivity contribution is -0.135. The Balaban J connectivity index is 1.53. The first-order valence-corrected chi connectivity index (χ1v) is 14.8. The Bertz CT molecular complexity index is 1400. The fourth-order valence-electron chi connectivity index (χ4n) is 4.88. The van der Waals surface area contributed by atoms with Crippen LogP contribution in [-0.4, -0.2) is 87.5 Å². The van der Waals surface area contributed by atoms with Crippen molar-refractivity contribution >= 4 is 38.6 Å². The predicted octanol–water partition coefficient (Wildman–Crippen LogP) is 1.48. The second-order valence-electron chi connectivity index (χ2n) is 9.62. The van der Waals surface area contributed by atoms with Gasteiger partial charge in [0.05, 0.1) is 26.5 Å². The Kier molecular flexibility index (Phi) is 10.8. The maximum atomic E-state index is 12.6. The molecule has 0 spiro atoms. The second-order valence-corrected chi connectivity index (χ2v) is 11.6. The molecule has 2 N–H and O–H groups in total. The van der Waals surface area contributed by atoms with E-state index in [0.29, 0.717) is 25.9 Å². The molecule has 0 aromatic heterocycles. The summed E-state index contributed by atoms with van der Waals surface area (Å²) in [7, 11) is -2.55. The van der Waals surface area contributed by atoms with Crippen molar-refractivity contribution in [2.75, 3.05) is 46.1 Å². The van der Waals surface area contributed by atoms with Gasteiger partial charge in [-0.3, -0.25) is 14.5 Å². The van der Waals surface area contributed by atoms with E-state index in [4.69, 9.17) is 5.26 Å². The van der Waals surface area contributed by atoms with Crippen molar-refractivity contribution in [3.8, 4) is 6.07 Å². The molecule has 0 bridgehead atoms. The standard InChI is InChI=1S/C28H35N5O6S/c1-20(24-10-6-8-21-7-4-5-9-25(21)24)32-15-12-23(13-16-32)33(40(3,37)38)19-27(35)31-18-26(34)30-14-11-22(17-29)28(36)39-2/h4-11,20,23H,12-16,18-19H2,1-3H3,(H,30,34)(H,31,35)/b22-11+. The Hall–Kier alpha value is -3.79. The monoisotopic (exact) mass is 569 g/mol. The van der Waals surface area contributed by atoms with Crippen LogP contribution in [0.15, 0.2) is 54.1 Å². The minimum absolute atomic E-state index is 0.113. The van der Waals surface area contributed by atoms with Gasteiger partial charge in [-0.1, -0.05) is 42.5 Å². The van der Waals surface area contributed by atoms with Crippen LogP contribution in [0.1, 0.15) is 31.4 Å². The molecule has 2 aromatic rings. The molecule has 214 valence electrons. The number of rotatable bonds is 11. The van der Waals surface area contributed by atoms with Gasteiger partial charge in [0.25, 0.3) is 0 Å². The summed E-state index contributed by atoms with van der Waals surface area (Å²) < 4.78 is 30.8. The Morgan fingerprint density at radius 2 is 1.80 bits per heavy atom. The molecule has 1 aliphatic rings. The lowest BCUT2D eigenvalue weighted by Crippen LogP contribution is -2.51. The average Bonchev–Trinajstić information content (AvgIpc) is 2.95. The molecule has 3 rings (SSSR count). The van der Waals surface area contributed by atoms with Crippen molar-refractivity contribution in [1.82, 2.24) is 19.8 Å². The zero-order chi connectivity index (χ0) is 29.3. The number of likely N-dealkylation sites (tertiary alicyclic amines) is 1. The van der Waals surface area contributed by atoms with Gasteiger partial charge in [0.2, 0.25) is 21.8 Å². The van der Waals surface area contributed by atoms with Gasteiger partial charge in [0.15, 0.2) is 0 Å². The highest BCUT2D eigenvalue weighted by atomic mass is 32.2. The van der Waals surface area contributed by atoms with Gasteiger partial charge >= 0.3 is 5.97 Å². The predicted molar refractivity (Wildman–Crippen MR) is 150 cm³/mol. The van der Waals surface area contributed by atoms with E-state index in [1.54, 1.807) is 6.07 Å². The van der Waals surface area contributed by atoms with Crippen molar-refractivity contribution < 1.29 is 27.5 Å². The number of carbonyl (C=O) groups excluding carboxylic acids is 3. The number of carbonyl (C=O) groups is 3. The molecule has 1 saturated heterocycles. The lowest BCUT2D eigenvalue weighted by Gasteiger charge is -2.39. The molecular weight excluding hydrogens is 534 g/mol. The number of sulfonamides is 1. The van der Waals surface area contributed by atoms with E-state index >= 15 is 0 Å². The summed E-state index contributed by atoms with van der Waals surface area (Å²) in [6.07, 6.45) is 3.43. The molecule has 1 heterocycles. The number of ether oxygens (including phenoxy) is 1. The number of nitriles is 1. The first-order chi connectivity index (χ1) is 19.0. The van der Waals surface area contributed by atoms with Crippen LogP contribution in [0.25, 0.3) is 10.8 Å². The van der Waals surface area contributed by atoms with Gasteiger partial charge in [-0.05, 0) is 42.2 Å². The third-order valence-electron chi connectivity index (χ3n) is 7.03. The van der Waals surface area contributed by atoms with Crippen LogP contribution >= 0.6 is 0 Å². The van der Waals surface area contributed by atoms with Gasteiger partial charge in [-0.2, -0.15) is 9.57 Å². The minimum Gasteiger partial charge on any atom is -0.465 e. The summed E-state index contributed by atoms with van der Waals surface area (Å²) in [5, 5.41) is 16.2. The molecule has 0 saturated carbocycles. The van der Waals surface area contributed by atoms with Crippen LogP contribution in [0.4, 0.5) is 0 Å². The van der Waals surface area contributed by atoms with Crippen LogP contribution in [0.2, 0.25) is 0 Å². The summed E-state index contributed by atoms with van der Waals surface area (Å²) in [5.74, 6) is -1.98. The maximum absolute atomic E-state index is 12.6. The average molecular weight is 570 g/mol. The van der Waals surface area contributed by atoms with Crippen molar-refractivity contribution in [2.45, 2.75) is 31.8 Å². The number of hydrogen-bond acceptors (Lipinski definition) is 8. The number of fused-ring (bicyclic) bond motifs is 1. The smallest absolute Gasteiger partial charge is 0.348 e. The fraction of sp³-hybridized carbons (Fsp3) is 0.429. The maximum Gasteiger partial charge on any atom is 0.348 e. The molecule has 1 aliphatic heterocycles. The lowest BCUT2D eigenvalue weighted by atomic mass is 9.96. The summed E-state index contributed by atoms with van der Waals surface area (Å²) in [6, 6.07) is 16.0. The summed E-state index contributed by atoms with van der Waals surface area (Å²) in [4.78, 5) is 38.3. The highest BCUT2D eigenvalue weighted by Gasteiger charge is 2.33. The van der Waals surface area contributed by atoms with Gasteiger partial charge in [-0.25, -0.2) is 13.2 Å². The molecule has 0 radical (unpaired) electrons. The molecule has 40 heavy (non-hydrogen) atoms. The van der Waals surface area contributed by atoms with Gasteiger partial charge in [-0.15, -0.1) is 0 Å². The molecule has 1 fully saturated rings. The van der Waals surface area contributed by atoms with Gasteiger partial charge in [0, 0.05) is 31.7 Å². The summed E-state index contributed by atoms with van der Waals surface area (Å²) >= 11 is 0. The number of nitrogens with zero attached hydrogens (tertiary/aromatic N) is 3. The third kappa shape index (κ3) is 8.11. The molecule has 2 aromatic carbocycles. The van der Waals surface area contributed by atoms with Crippen LogP contribution < -0.4 is 10.6 Å². The number of methoxy groups -OCH3 is 1. The van der Waals surface area contributed by atoms with Crippen LogP contribution in [0.5, 0.6) is 0 Å². The zero-order valence-corrected chi connectivity index (χ0v) is 23.7. The van der Waals surface area contributed by atoms with Crippen LogP contribution in [0, 0.1) is 11.3 Å². The number of hydrogen-bond donors (Lipinski definition) is 2. The summed E-state index contributed by atoms with van der Waals surface area (Å²) in [5.41, 5.74) is 0.965. The van der Waals surface area contributed by atoms with E-state index in [9.17, 15) is 22.8 Å². The number of piperidine rings is 1. The molecule has 1 atom stereocenters. The molecular formula is C28H35N5O6S. The quantitative estimate of drug-likeness (QED) is 0.235. The Labute approximate surface area is 234 Å². The molecule has 12 heteroatoms. The van der Waals surface area contributed by atoms with Crippen molar-refractivity contribution in [1.29, 1.82) is 5.26 Å². The van der Waals surface area contributed by atoms with E-state index in [1.165, 1.54) is 26.7 Å². The van der Waals surface area contributed by atoms with Gasteiger partial charge in [0.1, 0.15) is 11.6 Å². The number of benzene rings is 2. The first-order valence-electron chi connectivity index (χ1n) is 13.0. The number of esters is 1.